The topological polar surface area (TPSA) is 29.3 Å². The maximum absolute atomic E-state index is 6.01. The van der Waals surface area contributed by atoms with Gasteiger partial charge in [0.25, 0.3) is 0 Å². The van der Waals surface area contributed by atoms with Gasteiger partial charge in [0.05, 0.1) is 11.4 Å². The van der Waals surface area contributed by atoms with Crippen molar-refractivity contribution in [3.05, 3.63) is 58.1 Å². The Morgan fingerprint density at radius 3 is 2.44 bits per heavy atom. The van der Waals surface area contributed by atoms with Crippen molar-refractivity contribution in [3.63, 3.8) is 0 Å². The van der Waals surface area contributed by atoms with Crippen LogP contribution in [0.4, 0.5) is 11.4 Å². The molecule has 2 aromatic rings. The molecule has 0 aliphatic carbocycles. The summed E-state index contributed by atoms with van der Waals surface area (Å²) in [6, 6.07) is 14.5. The van der Waals surface area contributed by atoms with Crippen LogP contribution in [0.5, 0.6) is 0 Å². The standard InChI is InChI=1S/C15H17BrN2/c1-11-3-5-12(6-4-11)10-18(2)15-9-13(16)7-8-14(15)17/h3-9H,10,17H2,1-2H3. The van der Waals surface area contributed by atoms with Gasteiger partial charge in [0.2, 0.25) is 0 Å². The summed E-state index contributed by atoms with van der Waals surface area (Å²) in [5.74, 6) is 0. The molecule has 2 aromatic carbocycles. The van der Waals surface area contributed by atoms with Gasteiger partial charge < -0.3 is 10.6 Å². The van der Waals surface area contributed by atoms with E-state index in [1.54, 1.807) is 0 Å². The molecule has 3 heteroatoms. The lowest BCUT2D eigenvalue weighted by atomic mass is 10.1. The van der Waals surface area contributed by atoms with Crippen molar-refractivity contribution in [3.8, 4) is 0 Å². The van der Waals surface area contributed by atoms with Gasteiger partial charge in [0, 0.05) is 18.1 Å². The molecule has 0 heterocycles. The van der Waals surface area contributed by atoms with Crippen molar-refractivity contribution in [2.75, 3.05) is 17.7 Å². The van der Waals surface area contributed by atoms with Crippen molar-refractivity contribution in [2.45, 2.75) is 13.5 Å². The van der Waals surface area contributed by atoms with E-state index in [0.717, 1.165) is 22.4 Å². The first-order chi connectivity index (χ1) is 8.56. The van der Waals surface area contributed by atoms with Gasteiger partial charge in [-0.15, -0.1) is 0 Å². The molecule has 18 heavy (non-hydrogen) atoms. The molecule has 0 saturated heterocycles. The first-order valence-corrected chi connectivity index (χ1v) is 6.67. The van der Waals surface area contributed by atoms with Gasteiger partial charge in [-0.1, -0.05) is 45.8 Å². The Morgan fingerprint density at radius 2 is 1.78 bits per heavy atom. The van der Waals surface area contributed by atoms with Crippen LogP contribution in [-0.2, 0) is 6.54 Å². The van der Waals surface area contributed by atoms with Crippen LogP contribution in [0.25, 0.3) is 0 Å². The van der Waals surface area contributed by atoms with Crippen molar-refractivity contribution in [2.24, 2.45) is 0 Å². The molecule has 2 nitrogen and oxygen atoms in total. The minimum absolute atomic E-state index is 0.799. The molecular weight excluding hydrogens is 288 g/mol. The third-order valence-corrected chi connectivity index (χ3v) is 3.44. The molecule has 2 rings (SSSR count). The van der Waals surface area contributed by atoms with Crippen LogP contribution < -0.4 is 10.6 Å². The Hall–Kier alpha value is -1.48. The van der Waals surface area contributed by atoms with E-state index in [1.165, 1.54) is 11.1 Å². The number of nitrogen functional groups attached to an aromatic ring is 1. The molecule has 0 spiro atoms. The molecule has 0 atom stereocenters. The van der Waals surface area contributed by atoms with E-state index >= 15 is 0 Å². The van der Waals surface area contributed by atoms with Crippen LogP contribution in [0.1, 0.15) is 11.1 Å². The van der Waals surface area contributed by atoms with Crippen LogP contribution in [0.3, 0.4) is 0 Å². The zero-order valence-electron chi connectivity index (χ0n) is 10.7. The first kappa shape index (κ1) is 13.0. The second kappa shape index (κ2) is 5.44. The molecule has 0 radical (unpaired) electrons. The number of rotatable bonds is 3. The van der Waals surface area contributed by atoms with E-state index in [1.807, 2.05) is 18.2 Å². The summed E-state index contributed by atoms with van der Waals surface area (Å²) in [6.45, 7) is 2.95. The summed E-state index contributed by atoms with van der Waals surface area (Å²) in [6.07, 6.45) is 0. The highest BCUT2D eigenvalue weighted by molar-refractivity contribution is 9.10. The molecule has 2 N–H and O–H groups in total. The zero-order chi connectivity index (χ0) is 13.1. The Bertz CT molecular complexity index is 535. The highest BCUT2D eigenvalue weighted by Gasteiger charge is 2.06. The second-order valence-electron chi connectivity index (χ2n) is 4.54. The van der Waals surface area contributed by atoms with Gasteiger partial charge in [0.1, 0.15) is 0 Å². The lowest BCUT2D eigenvalue weighted by Crippen LogP contribution is -2.17. The fourth-order valence-corrected chi connectivity index (χ4v) is 2.25. The number of halogens is 1. The monoisotopic (exact) mass is 304 g/mol. The average molecular weight is 305 g/mol. The van der Waals surface area contributed by atoms with E-state index in [9.17, 15) is 0 Å². The van der Waals surface area contributed by atoms with Crippen molar-refractivity contribution in [1.82, 2.24) is 0 Å². The summed E-state index contributed by atoms with van der Waals surface area (Å²) in [5.41, 5.74) is 10.4. The van der Waals surface area contributed by atoms with Crippen LogP contribution in [0.2, 0.25) is 0 Å². The summed E-state index contributed by atoms with van der Waals surface area (Å²) in [4.78, 5) is 2.16. The van der Waals surface area contributed by atoms with Gasteiger partial charge >= 0.3 is 0 Å². The molecule has 0 aliphatic heterocycles. The van der Waals surface area contributed by atoms with E-state index in [2.05, 4.69) is 59.1 Å². The van der Waals surface area contributed by atoms with Crippen molar-refractivity contribution in [1.29, 1.82) is 0 Å². The summed E-state index contributed by atoms with van der Waals surface area (Å²) in [7, 11) is 2.05. The fraction of sp³-hybridized carbons (Fsp3) is 0.200. The smallest absolute Gasteiger partial charge is 0.0611 e. The Balaban J connectivity index is 2.18. The number of nitrogens with two attached hydrogens (primary N) is 1. The molecule has 0 unspecified atom stereocenters. The molecule has 0 bridgehead atoms. The third-order valence-electron chi connectivity index (χ3n) is 2.94. The normalized spacial score (nSPS) is 10.4. The quantitative estimate of drug-likeness (QED) is 0.869. The average Bonchev–Trinajstić information content (AvgIpc) is 2.35. The van der Waals surface area contributed by atoms with Crippen LogP contribution in [-0.4, -0.2) is 7.05 Å². The number of anilines is 2. The SMILES string of the molecule is Cc1ccc(CN(C)c2cc(Br)ccc2N)cc1. The minimum atomic E-state index is 0.799. The maximum atomic E-state index is 6.01. The molecule has 0 aromatic heterocycles. The van der Waals surface area contributed by atoms with Gasteiger partial charge in [-0.05, 0) is 30.7 Å². The Kier molecular flexibility index (Phi) is 3.92. The number of hydrogen-bond donors (Lipinski definition) is 1. The highest BCUT2D eigenvalue weighted by Crippen LogP contribution is 2.27. The largest absolute Gasteiger partial charge is 0.397 e. The van der Waals surface area contributed by atoms with Gasteiger partial charge in [0.15, 0.2) is 0 Å². The lowest BCUT2D eigenvalue weighted by Gasteiger charge is -2.21. The van der Waals surface area contributed by atoms with E-state index in [0.29, 0.717) is 0 Å². The number of hydrogen-bond acceptors (Lipinski definition) is 2. The zero-order valence-corrected chi connectivity index (χ0v) is 12.2. The van der Waals surface area contributed by atoms with E-state index in [4.69, 9.17) is 5.73 Å². The molecular formula is C15H17BrN2. The summed E-state index contributed by atoms with van der Waals surface area (Å²) < 4.78 is 1.04. The van der Waals surface area contributed by atoms with Crippen LogP contribution in [0, 0.1) is 6.92 Å². The molecule has 0 saturated carbocycles. The Morgan fingerprint density at radius 1 is 1.11 bits per heavy atom. The first-order valence-electron chi connectivity index (χ1n) is 5.88. The van der Waals surface area contributed by atoms with Crippen LogP contribution >= 0.6 is 15.9 Å². The third kappa shape index (κ3) is 3.05. The number of aryl methyl sites for hydroxylation is 1. The van der Waals surface area contributed by atoms with Gasteiger partial charge in [-0.2, -0.15) is 0 Å². The molecule has 0 aliphatic rings. The van der Waals surface area contributed by atoms with E-state index in [-0.39, 0.29) is 0 Å². The predicted molar refractivity (Wildman–Crippen MR) is 81.8 cm³/mol. The highest BCUT2D eigenvalue weighted by atomic mass is 79.9. The fourth-order valence-electron chi connectivity index (χ4n) is 1.90. The Labute approximate surface area is 117 Å². The molecule has 0 fully saturated rings. The van der Waals surface area contributed by atoms with E-state index < -0.39 is 0 Å². The van der Waals surface area contributed by atoms with Gasteiger partial charge in [-0.3, -0.25) is 0 Å². The number of benzene rings is 2. The predicted octanol–water partition coefficient (Wildman–Crippen LogP) is 3.98. The maximum Gasteiger partial charge on any atom is 0.0611 e. The summed E-state index contributed by atoms with van der Waals surface area (Å²) >= 11 is 3.48. The lowest BCUT2D eigenvalue weighted by molar-refractivity contribution is 0.923. The molecule has 94 valence electrons. The molecule has 0 amide bonds. The van der Waals surface area contributed by atoms with Gasteiger partial charge in [-0.25, -0.2) is 0 Å². The minimum Gasteiger partial charge on any atom is -0.397 e. The second-order valence-corrected chi connectivity index (χ2v) is 5.46. The summed E-state index contributed by atoms with van der Waals surface area (Å²) in [5, 5.41) is 0. The number of nitrogens with zero attached hydrogens (tertiary/aromatic N) is 1. The van der Waals surface area contributed by atoms with Crippen molar-refractivity contribution < 1.29 is 0 Å². The van der Waals surface area contributed by atoms with Crippen molar-refractivity contribution >= 4 is 27.3 Å². The van der Waals surface area contributed by atoms with Crippen LogP contribution in [0.15, 0.2) is 46.9 Å².